The number of hydrogen-bond donors (Lipinski definition) is 0. The second kappa shape index (κ2) is 1.70. The van der Waals surface area contributed by atoms with Crippen LogP contribution in [0.5, 0.6) is 0 Å². The highest BCUT2D eigenvalue weighted by molar-refractivity contribution is 5.01. The van der Waals surface area contributed by atoms with Crippen LogP contribution in [0.15, 0.2) is 0 Å². The van der Waals surface area contributed by atoms with E-state index in [0.717, 1.165) is 6.54 Å². The average molecular weight is 147 g/mol. The highest BCUT2D eigenvalue weighted by Crippen LogP contribution is 2.51. The topological polar surface area (TPSA) is 3.24 Å². The molecule has 1 aliphatic heterocycles. The largest absolute Gasteiger partial charge is 0.306 e. The van der Waals surface area contributed by atoms with Crippen LogP contribution in [0.2, 0.25) is 0 Å². The van der Waals surface area contributed by atoms with Crippen molar-refractivity contribution >= 4 is 0 Å². The Balaban J connectivity index is 2.06. The summed E-state index contributed by atoms with van der Waals surface area (Å²) in [5.74, 6) is -2.37. The van der Waals surface area contributed by atoms with Crippen LogP contribution in [0, 0.1) is 11.8 Å². The monoisotopic (exact) mass is 147 g/mol. The normalized spacial score (nSPS) is 44.7. The maximum Gasteiger partial charge on any atom is 0.252 e. The van der Waals surface area contributed by atoms with E-state index in [1.54, 1.807) is 0 Å². The molecule has 1 saturated carbocycles. The minimum Gasteiger partial charge on any atom is -0.306 e. The van der Waals surface area contributed by atoms with Crippen molar-refractivity contribution in [2.24, 2.45) is 11.8 Å². The molecule has 2 aliphatic rings. The molecule has 2 fully saturated rings. The van der Waals surface area contributed by atoms with Crippen LogP contribution in [-0.2, 0) is 0 Å². The summed E-state index contributed by atoms with van der Waals surface area (Å²) >= 11 is 0. The molecule has 1 aliphatic carbocycles. The number of nitrogens with zero attached hydrogens (tertiary/aromatic N) is 1. The van der Waals surface area contributed by atoms with Gasteiger partial charge in [0.1, 0.15) is 0 Å². The van der Waals surface area contributed by atoms with E-state index in [-0.39, 0.29) is 12.3 Å². The Morgan fingerprint density at radius 2 is 2.10 bits per heavy atom. The summed E-state index contributed by atoms with van der Waals surface area (Å²) in [6.45, 7) is 1.47. The zero-order valence-corrected chi connectivity index (χ0v) is 5.98. The molecule has 0 aromatic rings. The Labute approximate surface area is 59.0 Å². The molecule has 0 radical (unpaired) electrons. The first-order valence-corrected chi connectivity index (χ1v) is 3.66. The van der Waals surface area contributed by atoms with Gasteiger partial charge in [-0.1, -0.05) is 0 Å². The van der Waals surface area contributed by atoms with Gasteiger partial charge in [0.15, 0.2) is 0 Å². The van der Waals surface area contributed by atoms with Crippen LogP contribution >= 0.6 is 0 Å². The standard InChI is InChI=1S/C7H11F2N/c1-10-3-5-2-7(8,9)6(5)4-10/h5-6H,2-4H2,1H3/t5-,6+/m1/s1. The molecule has 3 heteroatoms. The molecule has 58 valence electrons. The van der Waals surface area contributed by atoms with E-state index in [4.69, 9.17) is 0 Å². The van der Waals surface area contributed by atoms with Crippen molar-refractivity contribution in [2.45, 2.75) is 12.3 Å². The van der Waals surface area contributed by atoms with Gasteiger partial charge in [0.25, 0.3) is 5.92 Å². The summed E-state index contributed by atoms with van der Waals surface area (Å²) in [4.78, 5) is 2.00. The highest BCUT2D eigenvalue weighted by atomic mass is 19.3. The van der Waals surface area contributed by atoms with Crippen molar-refractivity contribution in [3.8, 4) is 0 Å². The van der Waals surface area contributed by atoms with Gasteiger partial charge in [0.2, 0.25) is 0 Å². The summed E-state index contributed by atoms with van der Waals surface area (Å²) in [6.07, 6.45) is 0.127. The summed E-state index contributed by atoms with van der Waals surface area (Å²) in [7, 11) is 1.91. The third-order valence-electron chi connectivity index (χ3n) is 2.70. The first-order valence-electron chi connectivity index (χ1n) is 3.66. The summed E-state index contributed by atoms with van der Waals surface area (Å²) in [5.41, 5.74) is 0. The lowest BCUT2D eigenvalue weighted by Gasteiger charge is -2.38. The minimum absolute atomic E-state index is 0.127. The van der Waals surface area contributed by atoms with Gasteiger partial charge in [-0.3, -0.25) is 0 Å². The molecule has 1 nitrogen and oxygen atoms in total. The number of likely N-dealkylation sites (tertiary alicyclic amines) is 1. The van der Waals surface area contributed by atoms with Gasteiger partial charge in [-0.25, -0.2) is 8.78 Å². The van der Waals surface area contributed by atoms with E-state index in [1.165, 1.54) is 0 Å². The van der Waals surface area contributed by atoms with Crippen molar-refractivity contribution in [1.82, 2.24) is 4.90 Å². The molecule has 0 N–H and O–H groups in total. The van der Waals surface area contributed by atoms with Gasteiger partial charge in [0.05, 0.1) is 0 Å². The van der Waals surface area contributed by atoms with Gasteiger partial charge in [-0.05, 0) is 13.0 Å². The molecular weight excluding hydrogens is 136 g/mol. The van der Waals surface area contributed by atoms with Gasteiger partial charge in [-0.15, -0.1) is 0 Å². The van der Waals surface area contributed by atoms with Crippen LogP contribution in [0.25, 0.3) is 0 Å². The molecule has 0 spiro atoms. The van der Waals surface area contributed by atoms with Crippen LogP contribution in [0.1, 0.15) is 6.42 Å². The molecule has 0 unspecified atom stereocenters. The Morgan fingerprint density at radius 3 is 2.50 bits per heavy atom. The first-order chi connectivity index (χ1) is 4.59. The van der Waals surface area contributed by atoms with Crippen LogP contribution in [-0.4, -0.2) is 31.0 Å². The van der Waals surface area contributed by atoms with Gasteiger partial charge in [0, 0.05) is 25.4 Å². The number of hydrogen-bond acceptors (Lipinski definition) is 1. The van der Waals surface area contributed by atoms with E-state index in [9.17, 15) is 8.78 Å². The first kappa shape index (κ1) is 6.53. The predicted molar refractivity (Wildman–Crippen MR) is 34.0 cm³/mol. The van der Waals surface area contributed by atoms with E-state index in [2.05, 4.69) is 0 Å². The van der Waals surface area contributed by atoms with Crippen molar-refractivity contribution in [2.75, 3.05) is 20.1 Å². The number of alkyl halides is 2. The molecule has 0 aromatic heterocycles. The lowest BCUT2D eigenvalue weighted by atomic mass is 9.72. The second-order valence-corrected chi connectivity index (χ2v) is 3.55. The fourth-order valence-electron chi connectivity index (χ4n) is 2.11. The molecule has 10 heavy (non-hydrogen) atoms. The predicted octanol–water partition coefficient (Wildman–Crippen LogP) is 1.20. The Kier molecular flexibility index (Phi) is 1.11. The maximum absolute atomic E-state index is 12.6. The van der Waals surface area contributed by atoms with E-state index in [0.29, 0.717) is 12.5 Å². The van der Waals surface area contributed by atoms with Crippen molar-refractivity contribution in [1.29, 1.82) is 0 Å². The summed E-state index contributed by atoms with van der Waals surface area (Å²) < 4.78 is 25.3. The summed E-state index contributed by atoms with van der Waals surface area (Å²) in [5, 5.41) is 0. The van der Waals surface area contributed by atoms with Gasteiger partial charge < -0.3 is 4.90 Å². The smallest absolute Gasteiger partial charge is 0.252 e. The summed E-state index contributed by atoms with van der Waals surface area (Å²) in [6, 6.07) is 0. The number of fused-ring (bicyclic) bond motifs is 1. The zero-order chi connectivity index (χ0) is 7.35. The molecule has 0 amide bonds. The Morgan fingerprint density at radius 1 is 1.40 bits per heavy atom. The van der Waals surface area contributed by atoms with Crippen molar-refractivity contribution in [3.05, 3.63) is 0 Å². The second-order valence-electron chi connectivity index (χ2n) is 3.55. The molecule has 0 bridgehead atoms. The highest BCUT2D eigenvalue weighted by Gasteiger charge is 2.58. The SMILES string of the molecule is CN1C[C@H]2CC(F)(F)[C@H]2C1. The molecule has 1 heterocycles. The van der Waals surface area contributed by atoms with Gasteiger partial charge >= 0.3 is 0 Å². The Hall–Kier alpha value is -0.180. The molecular formula is C7H11F2N. The molecule has 2 rings (SSSR count). The van der Waals surface area contributed by atoms with Gasteiger partial charge in [-0.2, -0.15) is 0 Å². The van der Waals surface area contributed by atoms with E-state index < -0.39 is 5.92 Å². The van der Waals surface area contributed by atoms with Crippen molar-refractivity contribution in [3.63, 3.8) is 0 Å². The molecule has 1 saturated heterocycles. The lowest BCUT2D eigenvalue weighted by Crippen LogP contribution is -2.46. The molecule has 0 aromatic carbocycles. The quantitative estimate of drug-likeness (QED) is 0.497. The average Bonchev–Trinajstić information content (AvgIpc) is 2.08. The number of rotatable bonds is 0. The minimum atomic E-state index is -2.34. The lowest BCUT2D eigenvalue weighted by molar-refractivity contribution is -0.152. The third-order valence-corrected chi connectivity index (χ3v) is 2.70. The third kappa shape index (κ3) is 0.698. The molecule has 2 atom stereocenters. The number of halogens is 2. The van der Waals surface area contributed by atoms with E-state index >= 15 is 0 Å². The Bertz CT molecular complexity index is 158. The van der Waals surface area contributed by atoms with E-state index in [1.807, 2.05) is 11.9 Å². The van der Waals surface area contributed by atoms with Crippen LogP contribution in [0.3, 0.4) is 0 Å². The fourth-order valence-corrected chi connectivity index (χ4v) is 2.11. The van der Waals surface area contributed by atoms with Crippen LogP contribution < -0.4 is 0 Å². The van der Waals surface area contributed by atoms with Crippen molar-refractivity contribution < 1.29 is 8.78 Å². The fraction of sp³-hybridized carbons (Fsp3) is 1.00. The van der Waals surface area contributed by atoms with Crippen LogP contribution in [0.4, 0.5) is 8.78 Å². The zero-order valence-electron chi connectivity index (χ0n) is 5.98. The maximum atomic E-state index is 12.6.